The fourth-order valence-corrected chi connectivity index (χ4v) is 4.91. The van der Waals surface area contributed by atoms with E-state index >= 15 is 0 Å². The standard InChI is InChI=1S/C20H30N4OS/c1-16(19-21-22-20(25-19)18-7-6-14-26-18)24-12-8-17(9-13-24)15-23-10-4-2-3-5-11-23/h6-7,14,16-17H,2-5,8-13,15H2,1H3. The number of hydrogen-bond acceptors (Lipinski definition) is 6. The summed E-state index contributed by atoms with van der Waals surface area (Å²) in [4.78, 5) is 6.26. The van der Waals surface area contributed by atoms with E-state index in [4.69, 9.17) is 4.42 Å². The Morgan fingerprint density at radius 3 is 2.58 bits per heavy atom. The Morgan fingerprint density at radius 1 is 1.12 bits per heavy atom. The molecule has 2 saturated heterocycles. The summed E-state index contributed by atoms with van der Waals surface area (Å²) >= 11 is 1.64. The average Bonchev–Trinajstić information content (AvgIpc) is 3.30. The second-order valence-electron chi connectivity index (χ2n) is 7.79. The molecule has 0 saturated carbocycles. The maximum absolute atomic E-state index is 5.94. The van der Waals surface area contributed by atoms with Crippen LogP contribution in [0.5, 0.6) is 0 Å². The third kappa shape index (κ3) is 4.35. The topological polar surface area (TPSA) is 45.4 Å². The lowest BCUT2D eigenvalue weighted by Crippen LogP contribution is -2.40. The number of likely N-dealkylation sites (tertiary alicyclic amines) is 2. The molecule has 0 N–H and O–H groups in total. The van der Waals surface area contributed by atoms with Crippen LogP contribution in [0.4, 0.5) is 0 Å². The number of hydrogen-bond donors (Lipinski definition) is 0. The SMILES string of the molecule is CC(c1nnc(-c2cccs2)o1)N1CCC(CN2CCCCCC2)CC1. The predicted molar refractivity (Wildman–Crippen MR) is 105 cm³/mol. The molecule has 2 aromatic heterocycles. The van der Waals surface area contributed by atoms with Gasteiger partial charge in [0.25, 0.3) is 5.89 Å². The van der Waals surface area contributed by atoms with Gasteiger partial charge in [-0.05, 0) is 76.2 Å². The molecule has 2 aliphatic heterocycles. The van der Waals surface area contributed by atoms with Gasteiger partial charge in [-0.25, -0.2) is 0 Å². The molecule has 1 atom stereocenters. The van der Waals surface area contributed by atoms with Crippen molar-refractivity contribution in [3.63, 3.8) is 0 Å². The van der Waals surface area contributed by atoms with E-state index in [1.54, 1.807) is 11.3 Å². The van der Waals surface area contributed by atoms with Crippen molar-refractivity contribution in [2.75, 3.05) is 32.7 Å². The maximum atomic E-state index is 5.94. The zero-order chi connectivity index (χ0) is 17.8. The summed E-state index contributed by atoms with van der Waals surface area (Å²) in [5, 5.41) is 10.6. The lowest BCUT2D eigenvalue weighted by molar-refractivity contribution is 0.105. The van der Waals surface area contributed by atoms with E-state index in [9.17, 15) is 0 Å². The van der Waals surface area contributed by atoms with Crippen molar-refractivity contribution in [1.82, 2.24) is 20.0 Å². The first-order chi connectivity index (χ1) is 12.8. The van der Waals surface area contributed by atoms with Crippen LogP contribution in [0.25, 0.3) is 10.8 Å². The van der Waals surface area contributed by atoms with E-state index in [-0.39, 0.29) is 6.04 Å². The number of rotatable bonds is 5. The molecule has 6 heteroatoms. The van der Waals surface area contributed by atoms with Crippen LogP contribution in [0.3, 0.4) is 0 Å². The molecule has 0 amide bonds. The van der Waals surface area contributed by atoms with Gasteiger partial charge in [0.05, 0.1) is 10.9 Å². The van der Waals surface area contributed by atoms with Gasteiger partial charge in [-0.15, -0.1) is 21.5 Å². The number of thiophene rings is 1. The molecule has 0 bridgehead atoms. The van der Waals surface area contributed by atoms with Gasteiger partial charge in [-0.3, -0.25) is 4.90 Å². The Morgan fingerprint density at radius 2 is 1.88 bits per heavy atom. The van der Waals surface area contributed by atoms with Gasteiger partial charge < -0.3 is 9.32 Å². The zero-order valence-electron chi connectivity index (χ0n) is 15.8. The quantitative estimate of drug-likeness (QED) is 0.774. The first kappa shape index (κ1) is 18.1. The number of nitrogens with zero attached hydrogens (tertiary/aromatic N) is 4. The van der Waals surface area contributed by atoms with Gasteiger partial charge >= 0.3 is 0 Å². The molecule has 2 fully saturated rings. The Labute approximate surface area is 160 Å². The molecular weight excluding hydrogens is 344 g/mol. The molecule has 0 aliphatic carbocycles. The first-order valence-electron chi connectivity index (χ1n) is 10.1. The summed E-state index contributed by atoms with van der Waals surface area (Å²) in [7, 11) is 0. The van der Waals surface area contributed by atoms with E-state index in [1.165, 1.54) is 58.2 Å². The molecule has 5 nitrogen and oxygen atoms in total. The van der Waals surface area contributed by atoms with Crippen molar-refractivity contribution < 1.29 is 4.42 Å². The number of aromatic nitrogens is 2. The van der Waals surface area contributed by atoms with Crippen LogP contribution < -0.4 is 0 Å². The zero-order valence-corrected chi connectivity index (χ0v) is 16.6. The van der Waals surface area contributed by atoms with E-state index in [0.29, 0.717) is 5.89 Å². The summed E-state index contributed by atoms with van der Waals surface area (Å²) in [5.74, 6) is 2.25. The Kier molecular flexibility index (Phi) is 6.02. The average molecular weight is 375 g/mol. The van der Waals surface area contributed by atoms with Gasteiger partial charge in [-0.1, -0.05) is 18.9 Å². The minimum Gasteiger partial charge on any atom is -0.418 e. The van der Waals surface area contributed by atoms with Crippen molar-refractivity contribution in [2.45, 2.75) is 51.5 Å². The van der Waals surface area contributed by atoms with E-state index < -0.39 is 0 Å². The lowest BCUT2D eigenvalue weighted by atomic mass is 9.95. The molecule has 26 heavy (non-hydrogen) atoms. The molecule has 0 aromatic carbocycles. The highest BCUT2D eigenvalue weighted by atomic mass is 32.1. The van der Waals surface area contributed by atoms with Crippen LogP contribution in [-0.4, -0.2) is 52.7 Å². The highest BCUT2D eigenvalue weighted by molar-refractivity contribution is 7.13. The summed E-state index contributed by atoms with van der Waals surface area (Å²) in [5.41, 5.74) is 0. The summed E-state index contributed by atoms with van der Waals surface area (Å²) in [6.07, 6.45) is 8.19. The monoisotopic (exact) mass is 374 g/mol. The molecule has 2 aliphatic rings. The van der Waals surface area contributed by atoms with Crippen LogP contribution in [0.2, 0.25) is 0 Å². The molecule has 4 rings (SSSR count). The first-order valence-corrected chi connectivity index (χ1v) is 11.0. The van der Waals surface area contributed by atoms with E-state index in [0.717, 1.165) is 29.8 Å². The van der Waals surface area contributed by atoms with Gasteiger partial charge in [-0.2, -0.15) is 0 Å². The third-order valence-electron chi connectivity index (χ3n) is 5.94. The Hall–Kier alpha value is -1.24. The maximum Gasteiger partial charge on any atom is 0.257 e. The van der Waals surface area contributed by atoms with Crippen molar-refractivity contribution in [1.29, 1.82) is 0 Å². The molecule has 0 radical (unpaired) electrons. The lowest BCUT2D eigenvalue weighted by Gasteiger charge is -2.36. The smallest absolute Gasteiger partial charge is 0.257 e. The fourth-order valence-electron chi connectivity index (χ4n) is 4.27. The van der Waals surface area contributed by atoms with Crippen LogP contribution in [-0.2, 0) is 0 Å². The summed E-state index contributed by atoms with van der Waals surface area (Å²) in [6.45, 7) is 8.38. The van der Waals surface area contributed by atoms with Crippen molar-refractivity contribution in [3.05, 3.63) is 23.4 Å². The Balaban J connectivity index is 1.28. The second kappa shape index (κ2) is 8.63. The van der Waals surface area contributed by atoms with Crippen LogP contribution >= 0.6 is 11.3 Å². The molecule has 0 spiro atoms. The van der Waals surface area contributed by atoms with Crippen molar-refractivity contribution in [3.8, 4) is 10.8 Å². The highest BCUT2D eigenvalue weighted by Crippen LogP contribution is 2.29. The second-order valence-corrected chi connectivity index (χ2v) is 8.74. The van der Waals surface area contributed by atoms with Crippen LogP contribution in [0.1, 0.15) is 57.4 Å². The molecule has 4 heterocycles. The minimum absolute atomic E-state index is 0.204. The van der Waals surface area contributed by atoms with E-state index in [2.05, 4.69) is 26.9 Å². The normalized spacial score (nSPS) is 22.3. The van der Waals surface area contributed by atoms with Crippen molar-refractivity contribution in [2.24, 2.45) is 5.92 Å². The van der Waals surface area contributed by atoms with E-state index in [1.807, 2.05) is 17.5 Å². The molecule has 142 valence electrons. The van der Waals surface area contributed by atoms with Crippen LogP contribution in [0.15, 0.2) is 21.9 Å². The summed E-state index contributed by atoms with van der Waals surface area (Å²) in [6, 6.07) is 4.25. The van der Waals surface area contributed by atoms with Crippen molar-refractivity contribution >= 4 is 11.3 Å². The third-order valence-corrected chi connectivity index (χ3v) is 6.80. The summed E-state index contributed by atoms with van der Waals surface area (Å²) < 4.78 is 5.94. The molecule has 2 aromatic rings. The number of piperidine rings is 1. The molecular formula is C20H30N4OS. The fraction of sp³-hybridized carbons (Fsp3) is 0.700. The minimum atomic E-state index is 0.204. The highest BCUT2D eigenvalue weighted by Gasteiger charge is 2.28. The van der Waals surface area contributed by atoms with Gasteiger partial charge in [0.15, 0.2) is 0 Å². The Bertz CT molecular complexity index is 655. The molecule has 1 unspecified atom stereocenters. The van der Waals surface area contributed by atoms with Gasteiger partial charge in [0, 0.05) is 6.54 Å². The predicted octanol–water partition coefficient (Wildman–Crippen LogP) is 4.45. The van der Waals surface area contributed by atoms with Crippen LogP contribution in [0, 0.1) is 5.92 Å². The van der Waals surface area contributed by atoms with Gasteiger partial charge in [0.2, 0.25) is 5.89 Å². The largest absolute Gasteiger partial charge is 0.418 e. The van der Waals surface area contributed by atoms with Gasteiger partial charge in [0.1, 0.15) is 0 Å².